The largest absolute Gasteiger partial charge is 0.353 e. The summed E-state index contributed by atoms with van der Waals surface area (Å²) >= 11 is 3.38. The maximum Gasteiger partial charge on any atom is 0.256 e. The summed E-state index contributed by atoms with van der Waals surface area (Å²) in [5.74, 6) is 2.45. The SMILES string of the molecule is CC(C)NC(=O)CSc1ccccc1C(=O)Nc1cccc(CN2CCSCC2)c1. The van der Waals surface area contributed by atoms with Crippen molar-refractivity contribution < 1.29 is 9.59 Å². The van der Waals surface area contributed by atoms with Crippen LogP contribution in [0, 0.1) is 0 Å². The van der Waals surface area contributed by atoms with Crippen molar-refractivity contribution in [3.63, 3.8) is 0 Å². The van der Waals surface area contributed by atoms with Crippen LogP contribution in [0.3, 0.4) is 0 Å². The summed E-state index contributed by atoms with van der Waals surface area (Å²) in [6.45, 7) is 6.98. The lowest BCUT2D eigenvalue weighted by Gasteiger charge is -2.26. The zero-order chi connectivity index (χ0) is 21.3. The van der Waals surface area contributed by atoms with E-state index >= 15 is 0 Å². The molecule has 0 atom stereocenters. The van der Waals surface area contributed by atoms with E-state index in [4.69, 9.17) is 0 Å². The van der Waals surface area contributed by atoms with E-state index in [1.807, 2.05) is 62.0 Å². The van der Waals surface area contributed by atoms with Gasteiger partial charge < -0.3 is 10.6 Å². The molecule has 7 heteroatoms. The first-order chi connectivity index (χ1) is 14.5. The number of thioether (sulfide) groups is 2. The maximum absolute atomic E-state index is 12.9. The van der Waals surface area contributed by atoms with Crippen LogP contribution >= 0.6 is 23.5 Å². The number of nitrogens with zero attached hydrogens (tertiary/aromatic N) is 1. The molecule has 5 nitrogen and oxygen atoms in total. The minimum Gasteiger partial charge on any atom is -0.353 e. The number of anilines is 1. The molecule has 1 heterocycles. The molecule has 30 heavy (non-hydrogen) atoms. The summed E-state index contributed by atoms with van der Waals surface area (Å²) in [6, 6.07) is 15.6. The molecule has 1 aliphatic rings. The molecule has 2 aromatic carbocycles. The van der Waals surface area contributed by atoms with E-state index in [1.54, 1.807) is 6.07 Å². The highest BCUT2D eigenvalue weighted by Gasteiger charge is 2.15. The van der Waals surface area contributed by atoms with E-state index in [1.165, 1.54) is 28.8 Å². The van der Waals surface area contributed by atoms with Crippen LogP contribution in [0.2, 0.25) is 0 Å². The quantitative estimate of drug-likeness (QED) is 0.602. The number of carbonyl (C=O) groups excluding carboxylic acids is 2. The van der Waals surface area contributed by atoms with Gasteiger partial charge in [0.1, 0.15) is 0 Å². The Morgan fingerprint density at radius 3 is 2.63 bits per heavy atom. The normalized spacial score (nSPS) is 14.5. The van der Waals surface area contributed by atoms with Gasteiger partial charge in [0, 0.05) is 47.8 Å². The third-order valence-corrected chi connectivity index (χ3v) is 6.65. The van der Waals surface area contributed by atoms with Crippen molar-refractivity contribution in [1.29, 1.82) is 0 Å². The second-order valence-corrected chi connectivity index (χ2v) is 9.79. The summed E-state index contributed by atoms with van der Waals surface area (Å²) in [5.41, 5.74) is 2.58. The molecule has 0 saturated carbocycles. The number of carbonyl (C=O) groups is 2. The second-order valence-electron chi connectivity index (χ2n) is 7.55. The molecular weight excluding hydrogens is 414 g/mol. The van der Waals surface area contributed by atoms with Gasteiger partial charge in [-0.15, -0.1) is 11.8 Å². The summed E-state index contributed by atoms with van der Waals surface area (Å²) in [7, 11) is 0. The van der Waals surface area contributed by atoms with Gasteiger partial charge in [-0.25, -0.2) is 0 Å². The average Bonchev–Trinajstić information content (AvgIpc) is 2.73. The first kappa shape index (κ1) is 22.7. The topological polar surface area (TPSA) is 61.4 Å². The molecule has 0 unspecified atom stereocenters. The van der Waals surface area contributed by atoms with Crippen LogP contribution in [0.4, 0.5) is 5.69 Å². The molecule has 0 aliphatic carbocycles. The van der Waals surface area contributed by atoms with Crippen LogP contribution in [-0.4, -0.2) is 53.1 Å². The molecule has 2 N–H and O–H groups in total. The maximum atomic E-state index is 12.9. The van der Waals surface area contributed by atoms with Gasteiger partial charge >= 0.3 is 0 Å². The molecule has 0 aromatic heterocycles. The van der Waals surface area contributed by atoms with Gasteiger partial charge in [0.25, 0.3) is 5.91 Å². The van der Waals surface area contributed by atoms with Crippen LogP contribution in [0.1, 0.15) is 29.8 Å². The fourth-order valence-electron chi connectivity index (χ4n) is 3.25. The van der Waals surface area contributed by atoms with E-state index < -0.39 is 0 Å². The molecule has 0 bridgehead atoms. The van der Waals surface area contributed by atoms with Crippen molar-refractivity contribution in [3.8, 4) is 0 Å². The number of nitrogens with one attached hydrogen (secondary N) is 2. The van der Waals surface area contributed by atoms with E-state index in [2.05, 4.69) is 21.6 Å². The molecule has 2 amide bonds. The monoisotopic (exact) mass is 443 g/mol. The summed E-state index contributed by atoms with van der Waals surface area (Å²) < 4.78 is 0. The van der Waals surface area contributed by atoms with Gasteiger partial charge in [0.2, 0.25) is 5.91 Å². The minimum atomic E-state index is -0.158. The molecule has 0 spiro atoms. The molecular formula is C23H29N3O2S2. The molecule has 2 aromatic rings. The summed E-state index contributed by atoms with van der Waals surface area (Å²) in [4.78, 5) is 28.1. The van der Waals surface area contributed by atoms with Crippen molar-refractivity contribution in [2.45, 2.75) is 31.3 Å². The number of hydrogen-bond donors (Lipinski definition) is 2. The van der Waals surface area contributed by atoms with E-state index in [-0.39, 0.29) is 23.6 Å². The van der Waals surface area contributed by atoms with E-state index in [9.17, 15) is 9.59 Å². The van der Waals surface area contributed by atoms with Crippen molar-refractivity contribution in [3.05, 3.63) is 59.7 Å². The van der Waals surface area contributed by atoms with Gasteiger partial charge in [0.15, 0.2) is 0 Å². The van der Waals surface area contributed by atoms with Crippen molar-refractivity contribution in [1.82, 2.24) is 10.2 Å². The molecule has 3 rings (SSSR count). The Bertz CT molecular complexity index is 867. The van der Waals surface area contributed by atoms with Gasteiger partial charge in [-0.1, -0.05) is 24.3 Å². The Labute approximate surface area is 187 Å². The summed E-state index contributed by atoms with van der Waals surface area (Å²) in [5, 5.41) is 5.90. The first-order valence-electron chi connectivity index (χ1n) is 10.2. The lowest BCUT2D eigenvalue weighted by atomic mass is 10.1. The van der Waals surface area contributed by atoms with Gasteiger partial charge in [-0.3, -0.25) is 14.5 Å². The van der Waals surface area contributed by atoms with Crippen LogP contribution in [-0.2, 0) is 11.3 Å². The Hall–Kier alpha value is -1.96. The zero-order valence-electron chi connectivity index (χ0n) is 17.5. The second kappa shape index (κ2) is 11.4. The third kappa shape index (κ3) is 7.07. The van der Waals surface area contributed by atoms with Gasteiger partial charge in [0.05, 0.1) is 11.3 Å². The van der Waals surface area contributed by atoms with Gasteiger partial charge in [-0.2, -0.15) is 11.8 Å². The fraction of sp³-hybridized carbons (Fsp3) is 0.391. The number of hydrogen-bond acceptors (Lipinski definition) is 5. The lowest BCUT2D eigenvalue weighted by molar-refractivity contribution is -0.119. The molecule has 1 saturated heterocycles. The lowest BCUT2D eigenvalue weighted by Crippen LogP contribution is -2.31. The van der Waals surface area contributed by atoms with Crippen LogP contribution in [0.15, 0.2) is 53.4 Å². The van der Waals surface area contributed by atoms with Crippen LogP contribution in [0.25, 0.3) is 0 Å². The smallest absolute Gasteiger partial charge is 0.256 e. The predicted octanol–water partition coefficient (Wildman–Crippen LogP) is 4.10. The minimum absolute atomic E-state index is 0.0333. The van der Waals surface area contributed by atoms with E-state index in [0.29, 0.717) is 5.56 Å². The zero-order valence-corrected chi connectivity index (χ0v) is 19.2. The van der Waals surface area contributed by atoms with Crippen molar-refractivity contribution in [2.24, 2.45) is 0 Å². The van der Waals surface area contributed by atoms with Crippen LogP contribution < -0.4 is 10.6 Å². The Kier molecular flexibility index (Phi) is 8.66. The van der Waals surface area contributed by atoms with Crippen molar-refractivity contribution in [2.75, 3.05) is 35.7 Å². The Morgan fingerprint density at radius 2 is 1.87 bits per heavy atom. The third-order valence-electron chi connectivity index (χ3n) is 4.63. The molecule has 0 radical (unpaired) electrons. The highest BCUT2D eigenvalue weighted by atomic mass is 32.2. The molecule has 1 aliphatic heterocycles. The van der Waals surface area contributed by atoms with Gasteiger partial charge in [-0.05, 0) is 43.7 Å². The average molecular weight is 444 g/mol. The number of rotatable bonds is 8. The molecule has 160 valence electrons. The summed E-state index contributed by atoms with van der Waals surface area (Å²) in [6.07, 6.45) is 0. The predicted molar refractivity (Wildman–Crippen MR) is 127 cm³/mol. The van der Waals surface area contributed by atoms with Crippen LogP contribution in [0.5, 0.6) is 0 Å². The highest BCUT2D eigenvalue weighted by Crippen LogP contribution is 2.24. The Balaban J connectivity index is 1.63. The van der Waals surface area contributed by atoms with Crippen molar-refractivity contribution >= 4 is 41.0 Å². The molecule has 1 fully saturated rings. The number of benzene rings is 2. The highest BCUT2D eigenvalue weighted by molar-refractivity contribution is 8.00. The Morgan fingerprint density at radius 1 is 1.10 bits per heavy atom. The number of amides is 2. The standard InChI is InChI=1S/C23H29N3O2S2/c1-17(2)24-22(27)16-30-21-9-4-3-8-20(21)23(28)25-19-7-5-6-18(14-19)15-26-10-12-29-13-11-26/h3-9,14,17H,10-13,15-16H2,1-2H3,(H,24,27)(H,25,28). The fourth-order valence-corrected chi connectivity index (χ4v) is 5.09. The van der Waals surface area contributed by atoms with E-state index in [0.717, 1.165) is 30.2 Å². The first-order valence-corrected chi connectivity index (χ1v) is 12.4.